The number of aromatic nitrogens is 3. The zero-order valence-electron chi connectivity index (χ0n) is 8.42. The molecule has 0 aliphatic heterocycles. The van der Waals surface area contributed by atoms with Gasteiger partial charge >= 0.3 is 5.97 Å². The topological polar surface area (TPSA) is 85.1 Å². The van der Waals surface area contributed by atoms with Gasteiger partial charge in [0, 0.05) is 17.3 Å². The van der Waals surface area contributed by atoms with E-state index in [1.165, 1.54) is 6.33 Å². The Balaban J connectivity index is 2.59. The molecule has 84 valence electrons. The fraction of sp³-hybridized carbons (Fsp3) is 0.625. The SMILES string of the molecule is CCCn1ncnc1CS(=O)CC(=O)O. The Labute approximate surface area is 89.8 Å². The first-order valence-electron chi connectivity index (χ1n) is 4.57. The lowest BCUT2D eigenvalue weighted by Crippen LogP contribution is -2.14. The minimum absolute atomic E-state index is 0.145. The van der Waals surface area contributed by atoms with Crippen LogP contribution in [0.25, 0.3) is 0 Å². The Bertz CT molecular complexity index is 364. The van der Waals surface area contributed by atoms with Gasteiger partial charge in [-0.2, -0.15) is 5.10 Å². The lowest BCUT2D eigenvalue weighted by molar-refractivity contribution is -0.133. The molecule has 1 rings (SSSR count). The van der Waals surface area contributed by atoms with Crippen molar-refractivity contribution < 1.29 is 14.1 Å². The molecule has 1 aromatic heterocycles. The van der Waals surface area contributed by atoms with Crippen molar-refractivity contribution in [1.82, 2.24) is 14.8 Å². The summed E-state index contributed by atoms with van der Waals surface area (Å²) in [6.45, 7) is 2.71. The second-order valence-electron chi connectivity index (χ2n) is 3.02. The van der Waals surface area contributed by atoms with Crippen LogP contribution in [0, 0.1) is 0 Å². The first-order valence-corrected chi connectivity index (χ1v) is 6.05. The van der Waals surface area contributed by atoms with Crippen LogP contribution in [0.2, 0.25) is 0 Å². The summed E-state index contributed by atoms with van der Waals surface area (Å²) in [5.41, 5.74) is 0. The van der Waals surface area contributed by atoms with Crippen LogP contribution in [-0.2, 0) is 27.9 Å². The van der Waals surface area contributed by atoms with Crippen LogP contribution in [0.5, 0.6) is 0 Å². The van der Waals surface area contributed by atoms with E-state index < -0.39 is 16.8 Å². The highest BCUT2D eigenvalue weighted by Crippen LogP contribution is 2.00. The van der Waals surface area contributed by atoms with Gasteiger partial charge in [0.2, 0.25) is 0 Å². The van der Waals surface area contributed by atoms with Gasteiger partial charge in [-0.25, -0.2) is 9.67 Å². The highest BCUT2D eigenvalue weighted by atomic mass is 32.2. The van der Waals surface area contributed by atoms with Gasteiger partial charge in [0.1, 0.15) is 17.9 Å². The normalized spacial score (nSPS) is 12.6. The largest absolute Gasteiger partial charge is 0.481 e. The van der Waals surface area contributed by atoms with E-state index in [0.29, 0.717) is 12.4 Å². The number of aryl methyl sites for hydroxylation is 1. The maximum Gasteiger partial charge on any atom is 0.316 e. The van der Waals surface area contributed by atoms with E-state index in [-0.39, 0.29) is 11.5 Å². The zero-order valence-corrected chi connectivity index (χ0v) is 9.24. The fourth-order valence-corrected chi connectivity index (χ4v) is 2.02. The van der Waals surface area contributed by atoms with Crippen molar-refractivity contribution in [1.29, 1.82) is 0 Å². The molecule has 1 heterocycles. The molecule has 7 heteroatoms. The molecular weight excluding hydrogens is 218 g/mol. The van der Waals surface area contributed by atoms with E-state index in [9.17, 15) is 9.00 Å². The second-order valence-corrected chi connectivity index (χ2v) is 4.48. The Kier molecular flexibility index (Phi) is 4.41. The monoisotopic (exact) mass is 231 g/mol. The second kappa shape index (κ2) is 5.59. The molecule has 6 nitrogen and oxygen atoms in total. The molecule has 0 fully saturated rings. The number of rotatable bonds is 6. The molecule has 0 spiro atoms. The van der Waals surface area contributed by atoms with Crippen LogP contribution in [0.1, 0.15) is 19.2 Å². The zero-order chi connectivity index (χ0) is 11.3. The fourth-order valence-electron chi connectivity index (χ4n) is 1.13. The van der Waals surface area contributed by atoms with Gasteiger partial charge in [0.15, 0.2) is 0 Å². The van der Waals surface area contributed by atoms with Crippen molar-refractivity contribution >= 4 is 16.8 Å². The van der Waals surface area contributed by atoms with E-state index in [4.69, 9.17) is 5.11 Å². The third-order valence-corrected chi connectivity index (χ3v) is 2.85. The molecule has 0 saturated carbocycles. The highest BCUT2D eigenvalue weighted by molar-refractivity contribution is 7.84. The number of carboxylic acid groups (broad SMARTS) is 1. The Morgan fingerprint density at radius 2 is 2.40 bits per heavy atom. The predicted octanol–water partition coefficient (Wildman–Crippen LogP) is 0.0214. The van der Waals surface area contributed by atoms with E-state index >= 15 is 0 Å². The molecule has 15 heavy (non-hydrogen) atoms. The standard InChI is InChI=1S/C8H13N3O3S/c1-2-3-11-7(9-6-10-11)4-15(14)5-8(12)13/h6H,2-5H2,1H3,(H,12,13). The molecule has 0 aliphatic carbocycles. The summed E-state index contributed by atoms with van der Waals surface area (Å²) in [5.74, 6) is -0.683. The van der Waals surface area contributed by atoms with Crippen molar-refractivity contribution in [2.75, 3.05) is 5.75 Å². The summed E-state index contributed by atoms with van der Waals surface area (Å²) in [5, 5.41) is 12.4. The molecule has 0 bridgehead atoms. The van der Waals surface area contributed by atoms with Gasteiger partial charge in [-0.15, -0.1) is 0 Å². The van der Waals surface area contributed by atoms with Gasteiger partial charge in [0.25, 0.3) is 0 Å². The molecule has 0 aliphatic rings. The van der Waals surface area contributed by atoms with Crippen LogP contribution in [0.15, 0.2) is 6.33 Å². The van der Waals surface area contributed by atoms with Crippen LogP contribution in [0.3, 0.4) is 0 Å². The van der Waals surface area contributed by atoms with Gasteiger partial charge in [-0.1, -0.05) is 6.92 Å². The maximum absolute atomic E-state index is 11.3. The number of carboxylic acids is 1. The maximum atomic E-state index is 11.3. The van der Waals surface area contributed by atoms with Crippen molar-refractivity contribution in [3.63, 3.8) is 0 Å². The van der Waals surface area contributed by atoms with Gasteiger partial charge in [-0.3, -0.25) is 9.00 Å². The van der Waals surface area contributed by atoms with E-state index in [1.807, 2.05) is 6.92 Å². The van der Waals surface area contributed by atoms with Crippen molar-refractivity contribution in [2.45, 2.75) is 25.6 Å². The Morgan fingerprint density at radius 3 is 3.00 bits per heavy atom. The quantitative estimate of drug-likeness (QED) is 0.746. The van der Waals surface area contributed by atoms with Crippen molar-refractivity contribution in [2.24, 2.45) is 0 Å². The van der Waals surface area contributed by atoms with Crippen LogP contribution in [0.4, 0.5) is 0 Å². The summed E-state index contributed by atoms with van der Waals surface area (Å²) < 4.78 is 13.0. The Hall–Kier alpha value is -1.24. The molecule has 0 saturated heterocycles. The summed E-state index contributed by atoms with van der Waals surface area (Å²) in [6, 6.07) is 0. The van der Waals surface area contributed by atoms with Crippen molar-refractivity contribution in [3.05, 3.63) is 12.2 Å². The van der Waals surface area contributed by atoms with Gasteiger partial charge < -0.3 is 5.11 Å². The first-order chi connectivity index (χ1) is 7.13. The van der Waals surface area contributed by atoms with E-state index in [1.54, 1.807) is 4.68 Å². The molecule has 0 aromatic carbocycles. The predicted molar refractivity (Wildman–Crippen MR) is 54.7 cm³/mol. The smallest absolute Gasteiger partial charge is 0.316 e. The minimum Gasteiger partial charge on any atom is -0.481 e. The van der Waals surface area contributed by atoms with Gasteiger partial charge in [-0.05, 0) is 6.42 Å². The molecule has 1 atom stereocenters. The molecule has 1 aromatic rings. The average Bonchev–Trinajstić information content (AvgIpc) is 2.52. The number of hydrogen-bond donors (Lipinski definition) is 1. The third-order valence-electron chi connectivity index (χ3n) is 1.71. The number of carbonyl (C=O) groups is 1. The molecule has 0 amide bonds. The summed E-state index contributed by atoms with van der Waals surface area (Å²) in [7, 11) is -1.42. The third kappa shape index (κ3) is 3.78. The van der Waals surface area contributed by atoms with Crippen LogP contribution < -0.4 is 0 Å². The highest BCUT2D eigenvalue weighted by Gasteiger charge is 2.11. The van der Waals surface area contributed by atoms with Crippen LogP contribution in [-0.4, -0.2) is 35.8 Å². The number of hydrogen-bond acceptors (Lipinski definition) is 4. The molecule has 1 unspecified atom stereocenters. The molecule has 1 N–H and O–H groups in total. The number of nitrogens with zero attached hydrogens (tertiary/aromatic N) is 3. The summed E-state index contributed by atoms with van der Waals surface area (Å²) in [4.78, 5) is 14.3. The lowest BCUT2D eigenvalue weighted by atomic mass is 10.5. The molecule has 0 radical (unpaired) electrons. The summed E-state index contributed by atoms with van der Waals surface area (Å²) in [6.07, 6.45) is 2.30. The summed E-state index contributed by atoms with van der Waals surface area (Å²) >= 11 is 0. The number of aliphatic carboxylic acids is 1. The van der Waals surface area contributed by atoms with E-state index in [2.05, 4.69) is 10.1 Å². The Morgan fingerprint density at radius 1 is 1.67 bits per heavy atom. The average molecular weight is 231 g/mol. The van der Waals surface area contributed by atoms with Crippen LogP contribution >= 0.6 is 0 Å². The first kappa shape index (κ1) is 11.8. The van der Waals surface area contributed by atoms with Crippen molar-refractivity contribution in [3.8, 4) is 0 Å². The lowest BCUT2D eigenvalue weighted by Gasteiger charge is -2.02. The van der Waals surface area contributed by atoms with Gasteiger partial charge in [0.05, 0.1) is 5.75 Å². The minimum atomic E-state index is -1.42. The van der Waals surface area contributed by atoms with E-state index in [0.717, 1.165) is 6.42 Å². The molecular formula is C8H13N3O3S.